The number of rotatable bonds is 5. The summed E-state index contributed by atoms with van der Waals surface area (Å²) in [5.41, 5.74) is 1.04. The van der Waals surface area contributed by atoms with Crippen LogP contribution in [-0.2, 0) is 5.60 Å². The highest BCUT2D eigenvalue weighted by atomic mass is 16.3. The second-order valence-electron chi connectivity index (χ2n) is 9.14. The molecule has 2 bridgehead atoms. The van der Waals surface area contributed by atoms with E-state index in [-0.39, 0.29) is 0 Å². The molecule has 5 rings (SSSR count). The SMILES string of the molecule is OC(CCN1CCC2CCC(C2)C1)(c1ccccc1)c1cccc2ccccc12. The van der Waals surface area contributed by atoms with Gasteiger partial charge in [-0.25, -0.2) is 0 Å². The van der Waals surface area contributed by atoms with Crippen LogP contribution < -0.4 is 0 Å². The van der Waals surface area contributed by atoms with Gasteiger partial charge in [0.1, 0.15) is 5.60 Å². The number of hydrogen-bond acceptors (Lipinski definition) is 2. The van der Waals surface area contributed by atoms with Gasteiger partial charge in [-0.3, -0.25) is 0 Å². The second-order valence-corrected chi connectivity index (χ2v) is 9.14. The summed E-state index contributed by atoms with van der Waals surface area (Å²) in [4.78, 5) is 2.61. The lowest BCUT2D eigenvalue weighted by atomic mass is 9.81. The Hall–Kier alpha value is -2.16. The van der Waals surface area contributed by atoms with E-state index in [4.69, 9.17) is 0 Å². The number of hydrogen-bond donors (Lipinski definition) is 1. The summed E-state index contributed by atoms with van der Waals surface area (Å²) in [5, 5.41) is 14.5. The molecule has 0 aromatic heterocycles. The lowest BCUT2D eigenvalue weighted by Gasteiger charge is -2.34. The lowest BCUT2D eigenvalue weighted by molar-refractivity contribution is 0.0567. The Morgan fingerprint density at radius 2 is 1.59 bits per heavy atom. The van der Waals surface area contributed by atoms with E-state index in [0.29, 0.717) is 0 Å². The molecule has 0 radical (unpaired) electrons. The van der Waals surface area contributed by atoms with Crippen LogP contribution in [0.2, 0.25) is 0 Å². The second kappa shape index (κ2) is 7.93. The number of aliphatic hydroxyl groups is 1. The Labute approximate surface area is 174 Å². The van der Waals surface area contributed by atoms with E-state index in [1.807, 2.05) is 18.2 Å². The third kappa shape index (κ3) is 3.72. The summed E-state index contributed by atoms with van der Waals surface area (Å²) in [5.74, 6) is 1.81. The van der Waals surface area contributed by atoms with Crippen LogP contribution in [0.1, 0.15) is 43.2 Å². The van der Waals surface area contributed by atoms with Gasteiger partial charge in [0.2, 0.25) is 0 Å². The van der Waals surface area contributed by atoms with Gasteiger partial charge in [-0.05, 0) is 66.0 Å². The Bertz CT molecular complexity index is 963. The molecule has 3 aromatic carbocycles. The van der Waals surface area contributed by atoms with Gasteiger partial charge in [0.25, 0.3) is 0 Å². The molecule has 1 saturated heterocycles. The van der Waals surface area contributed by atoms with Crippen LogP contribution in [0.3, 0.4) is 0 Å². The summed E-state index contributed by atoms with van der Waals surface area (Å²) < 4.78 is 0. The molecule has 3 atom stereocenters. The molecule has 1 N–H and O–H groups in total. The summed E-state index contributed by atoms with van der Waals surface area (Å²) >= 11 is 0. The predicted octanol–water partition coefficient (Wildman–Crippen LogP) is 5.59. The zero-order valence-electron chi connectivity index (χ0n) is 17.1. The van der Waals surface area contributed by atoms with E-state index in [9.17, 15) is 5.11 Å². The van der Waals surface area contributed by atoms with Crippen molar-refractivity contribution in [1.29, 1.82) is 0 Å². The van der Waals surface area contributed by atoms with Crippen molar-refractivity contribution in [3.8, 4) is 0 Å². The molecule has 2 aliphatic rings. The molecular formula is C27H31NO. The smallest absolute Gasteiger partial charge is 0.116 e. The number of benzene rings is 3. The minimum Gasteiger partial charge on any atom is -0.380 e. The predicted molar refractivity (Wildman–Crippen MR) is 120 cm³/mol. The minimum atomic E-state index is -0.979. The van der Waals surface area contributed by atoms with Gasteiger partial charge in [0.05, 0.1) is 0 Å². The van der Waals surface area contributed by atoms with Crippen LogP contribution >= 0.6 is 0 Å². The molecule has 3 unspecified atom stereocenters. The number of nitrogens with zero attached hydrogens (tertiary/aromatic N) is 1. The van der Waals surface area contributed by atoms with E-state index in [2.05, 4.69) is 59.5 Å². The van der Waals surface area contributed by atoms with Crippen molar-refractivity contribution in [1.82, 2.24) is 4.90 Å². The van der Waals surface area contributed by atoms with Gasteiger partial charge in [0.15, 0.2) is 0 Å². The van der Waals surface area contributed by atoms with Crippen molar-refractivity contribution in [2.24, 2.45) is 11.8 Å². The van der Waals surface area contributed by atoms with E-state index >= 15 is 0 Å². The minimum absolute atomic E-state index is 0.725. The fourth-order valence-corrected chi connectivity index (χ4v) is 5.69. The van der Waals surface area contributed by atoms with Gasteiger partial charge < -0.3 is 10.0 Å². The highest BCUT2D eigenvalue weighted by molar-refractivity contribution is 5.87. The Kier molecular flexibility index (Phi) is 5.15. The van der Waals surface area contributed by atoms with Gasteiger partial charge >= 0.3 is 0 Å². The van der Waals surface area contributed by atoms with Gasteiger partial charge in [-0.1, -0.05) is 79.2 Å². The van der Waals surface area contributed by atoms with Crippen LogP contribution in [0.4, 0.5) is 0 Å². The molecule has 1 aliphatic carbocycles. The van der Waals surface area contributed by atoms with Crippen molar-refractivity contribution in [2.75, 3.05) is 19.6 Å². The van der Waals surface area contributed by atoms with E-state index in [0.717, 1.165) is 41.3 Å². The maximum absolute atomic E-state index is 12.2. The zero-order chi connectivity index (χ0) is 19.7. The normalized spacial score (nSPS) is 24.3. The molecule has 1 heterocycles. The first-order valence-corrected chi connectivity index (χ1v) is 11.2. The first kappa shape index (κ1) is 18.8. The van der Waals surface area contributed by atoms with Gasteiger partial charge in [0, 0.05) is 13.1 Å². The molecule has 2 nitrogen and oxygen atoms in total. The third-order valence-corrected chi connectivity index (χ3v) is 7.30. The Morgan fingerprint density at radius 3 is 2.48 bits per heavy atom. The maximum atomic E-state index is 12.2. The largest absolute Gasteiger partial charge is 0.380 e. The molecular weight excluding hydrogens is 354 g/mol. The molecule has 2 fully saturated rings. The van der Waals surface area contributed by atoms with Gasteiger partial charge in [-0.15, -0.1) is 0 Å². The molecule has 0 spiro atoms. The average molecular weight is 386 g/mol. The molecule has 150 valence electrons. The highest BCUT2D eigenvalue weighted by Gasteiger charge is 2.35. The summed E-state index contributed by atoms with van der Waals surface area (Å²) in [6.07, 6.45) is 6.30. The topological polar surface area (TPSA) is 23.5 Å². The standard InChI is InChI=1S/C27H31NO/c29-27(24-9-2-1-3-10-24,26-12-6-8-23-7-4-5-11-25(23)26)16-18-28-17-15-21-13-14-22(19-21)20-28/h1-12,21-22,29H,13-20H2. The van der Waals surface area contributed by atoms with Crippen molar-refractivity contribution in [3.63, 3.8) is 0 Å². The molecule has 29 heavy (non-hydrogen) atoms. The van der Waals surface area contributed by atoms with Crippen LogP contribution in [0.15, 0.2) is 72.8 Å². The summed E-state index contributed by atoms with van der Waals surface area (Å²) in [7, 11) is 0. The molecule has 1 saturated carbocycles. The fourth-order valence-electron chi connectivity index (χ4n) is 5.69. The Balaban J connectivity index is 1.48. The molecule has 3 aromatic rings. The highest BCUT2D eigenvalue weighted by Crippen LogP contribution is 2.39. The van der Waals surface area contributed by atoms with Crippen LogP contribution in [0.5, 0.6) is 0 Å². The number of fused-ring (bicyclic) bond motifs is 3. The molecule has 0 amide bonds. The lowest BCUT2D eigenvalue weighted by Crippen LogP contribution is -2.36. The molecule has 2 heteroatoms. The van der Waals surface area contributed by atoms with Crippen LogP contribution in [-0.4, -0.2) is 29.6 Å². The van der Waals surface area contributed by atoms with Crippen molar-refractivity contribution < 1.29 is 5.11 Å². The van der Waals surface area contributed by atoms with Crippen molar-refractivity contribution in [2.45, 2.75) is 37.7 Å². The number of likely N-dealkylation sites (tertiary alicyclic amines) is 1. The summed E-state index contributed by atoms with van der Waals surface area (Å²) in [6.45, 7) is 3.33. The van der Waals surface area contributed by atoms with Crippen LogP contribution in [0.25, 0.3) is 10.8 Å². The van der Waals surface area contributed by atoms with Crippen LogP contribution in [0, 0.1) is 11.8 Å². The van der Waals surface area contributed by atoms with Crippen molar-refractivity contribution in [3.05, 3.63) is 83.9 Å². The molecule has 1 aliphatic heterocycles. The first-order valence-electron chi connectivity index (χ1n) is 11.2. The fraction of sp³-hybridized carbons (Fsp3) is 0.407. The average Bonchev–Trinajstić information content (AvgIpc) is 3.12. The van der Waals surface area contributed by atoms with E-state index in [1.54, 1.807) is 0 Å². The van der Waals surface area contributed by atoms with E-state index in [1.165, 1.54) is 44.2 Å². The van der Waals surface area contributed by atoms with Crippen molar-refractivity contribution >= 4 is 10.8 Å². The van der Waals surface area contributed by atoms with E-state index < -0.39 is 5.60 Å². The monoisotopic (exact) mass is 385 g/mol. The summed E-state index contributed by atoms with van der Waals surface area (Å²) in [6, 6.07) is 25.0. The third-order valence-electron chi connectivity index (χ3n) is 7.30. The maximum Gasteiger partial charge on any atom is 0.116 e. The zero-order valence-corrected chi connectivity index (χ0v) is 17.1. The first-order chi connectivity index (χ1) is 14.2. The quantitative estimate of drug-likeness (QED) is 0.619. The van der Waals surface area contributed by atoms with Gasteiger partial charge in [-0.2, -0.15) is 0 Å². The Morgan fingerprint density at radius 1 is 0.828 bits per heavy atom.